The molecular weight excluding hydrogens is 278 g/mol. The van der Waals surface area contributed by atoms with Gasteiger partial charge in [0.1, 0.15) is 5.58 Å². The number of nitrogens with zero attached hydrogens (tertiary/aromatic N) is 1. The first kappa shape index (κ1) is 14.1. The Labute approximate surface area is 128 Å². The van der Waals surface area contributed by atoms with Gasteiger partial charge in [-0.2, -0.15) is 0 Å². The van der Waals surface area contributed by atoms with Gasteiger partial charge in [0.2, 0.25) is 0 Å². The summed E-state index contributed by atoms with van der Waals surface area (Å²) >= 11 is 0. The molecule has 0 radical (unpaired) electrons. The van der Waals surface area contributed by atoms with Crippen molar-refractivity contribution in [2.45, 2.75) is 13.8 Å². The Bertz CT molecular complexity index is 811. The number of fused-ring (bicyclic) bond motifs is 1. The molecule has 1 heterocycles. The predicted molar refractivity (Wildman–Crippen MR) is 84.8 cm³/mol. The van der Waals surface area contributed by atoms with Crippen LogP contribution < -0.4 is 0 Å². The van der Waals surface area contributed by atoms with Crippen LogP contribution in [0.3, 0.4) is 0 Å². The molecule has 22 heavy (non-hydrogen) atoms. The largest absolute Gasteiger partial charge is 0.454 e. The predicted octanol–water partition coefficient (Wildman–Crippen LogP) is 4.06. The lowest BCUT2D eigenvalue weighted by Crippen LogP contribution is -2.05. The molecule has 0 fully saturated rings. The smallest absolute Gasteiger partial charge is 0.332 e. The van der Waals surface area contributed by atoms with Crippen molar-refractivity contribution in [3.05, 3.63) is 71.5 Å². The average Bonchev–Trinajstić information content (AvgIpc) is 2.92. The molecule has 1 aromatic heterocycles. The maximum atomic E-state index is 11.1. The third-order valence-electron chi connectivity index (χ3n) is 3.25. The monoisotopic (exact) mass is 293 g/mol. The molecule has 0 unspecified atom stereocenters. The molecule has 110 valence electrons. The van der Waals surface area contributed by atoms with Crippen molar-refractivity contribution in [3.8, 4) is 0 Å². The van der Waals surface area contributed by atoms with Crippen molar-refractivity contribution in [1.82, 2.24) is 0 Å². The number of hydrogen-bond donors (Lipinski definition) is 0. The Balaban J connectivity index is 2.09. The summed E-state index contributed by atoms with van der Waals surface area (Å²) in [5.74, 6) is 0.0898. The normalized spacial score (nSPS) is 11.6. The Morgan fingerprint density at radius 2 is 1.82 bits per heavy atom. The second-order valence-electron chi connectivity index (χ2n) is 5.04. The van der Waals surface area contributed by atoms with Crippen LogP contribution in [0.2, 0.25) is 0 Å². The molecule has 2 aromatic carbocycles. The van der Waals surface area contributed by atoms with Crippen LogP contribution in [-0.4, -0.2) is 11.7 Å². The highest BCUT2D eigenvalue weighted by Gasteiger charge is 2.14. The van der Waals surface area contributed by atoms with Crippen LogP contribution in [-0.2, 0) is 9.63 Å². The van der Waals surface area contributed by atoms with E-state index in [9.17, 15) is 4.79 Å². The number of furan rings is 1. The molecule has 3 aromatic rings. The Hall–Kier alpha value is -2.88. The van der Waals surface area contributed by atoms with E-state index in [0.717, 1.165) is 22.1 Å². The van der Waals surface area contributed by atoms with Gasteiger partial charge in [0, 0.05) is 17.9 Å². The summed E-state index contributed by atoms with van der Waals surface area (Å²) < 4.78 is 5.83. The van der Waals surface area contributed by atoms with E-state index in [0.29, 0.717) is 11.5 Å². The van der Waals surface area contributed by atoms with Gasteiger partial charge in [-0.3, -0.25) is 0 Å². The topological polar surface area (TPSA) is 51.8 Å². The molecule has 0 saturated heterocycles. The zero-order valence-corrected chi connectivity index (χ0v) is 12.4. The summed E-state index contributed by atoms with van der Waals surface area (Å²) in [7, 11) is 0. The third-order valence-corrected chi connectivity index (χ3v) is 3.25. The molecule has 0 amide bonds. The summed E-state index contributed by atoms with van der Waals surface area (Å²) in [5.41, 5.74) is 3.22. The van der Waals surface area contributed by atoms with E-state index < -0.39 is 5.97 Å². The van der Waals surface area contributed by atoms with Gasteiger partial charge in [0.05, 0.1) is 0 Å². The molecule has 0 N–H and O–H groups in total. The maximum absolute atomic E-state index is 11.1. The summed E-state index contributed by atoms with van der Waals surface area (Å²) in [6.45, 7) is 3.32. The lowest BCUT2D eigenvalue weighted by molar-refractivity contribution is -0.140. The first-order valence-corrected chi connectivity index (χ1v) is 6.95. The van der Waals surface area contributed by atoms with Crippen LogP contribution in [0.4, 0.5) is 0 Å². The van der Waals surface area contributed by atoms with Gasteiger partial charge >= 0.3 is 5.97 Å². The van der Waals surface area contributed by atoms with Gasteiger partial charge in [-0.05, 0) is 19.1 Å². The second kappa shape index (κ2) is 5.85. The minimum atomic E-state index is -0.472. The number of carbonyl (C=O) groups is 1. The Morgan fingerprint density at radius 1 is 1.09 bits per heavy atom. The maximum Gasteiger partial charge on any atom is 0.332 e. The Morgan fingerprint density at radius 3 is 2.50 bits per heavy atom. The van der Waals surface area contributed by atoms with Crippen LogP contribution in [0.15, 0.2) is 64.2 Å². The van der Waals surface area contributed by atoms with Crippen molar-refractivity contribution >= 4 is 22.7 Å². The first-order chi connectivity index (χ1) is 10.6. The molecule has 3 rings (SSSR count). The molecular formula is C18H15NO3. The zero-order chi connectivity index (χ0) is 15.5. The van der Waals surface area contributed by atoms with Gasteiger partial charge in [0.25, 0.3) is 0 Å². The highest BCUT2D eigenvalue weighted by molar-refractivity contribution is 6.12. The first-order valence-electron chi connectivity index (χ1n) is 6.95. The molecule has 0 saturated carbocycles. The van der Waals surface area contributed by atoms with Crippen molar-refractivity contribution in [2.24, 2.45) is 5.16 Å². The fourth-order valence-corrected chi connectivity index (χ4v) is 2.16. The minimum Gasteiger partial charge on any atom is -0.454 e. The molecule has 0 aliphatic carbocycles. The number of benzene rings is 2. The molecule has 0 aliphatic heterocycles. The van der Waals surface area contributed by atoms with Crippen molar-refractivity contribution in [2.75, 3.05) is 0 Å². The van der Waals surface area contributed by atoms with Crippen LogP contribution in [0, 0.1) is 6.92 Å². The molecule has 0 spiro atoms. The highest BCUT2D eigenvalue weighted by atomic mass is 16.7. The fraction of sp³-hybridized carbons (Fsp3) is 0.111. The number of oxime groups is 1. The number of hydrogen-bond acceptors (Lipinski definition) is 4. The van der Waals surface area contributed by atoms with E-state index in [1.165, 1.54) is 6.92 Å². The summed E-state index contributed by atoms with van der Waals surface area (Å²) in [6.07, 6.45) is 0. The minimum absolute atomic E-state index is 0.472. The number of rotatable bonds is 3. The third kappa shape index (κ3) is 2.91. The van der Waals surface area contributed by atoms with E-state index in [1.807, 2.05) is 61.5 Å². The van der Waals surface area contributed by atoms with Gasteiger partial charge < -0.3 is 9.25 Å². The van der Waals surface area contributed by atoms with Crippen LogP contribution in [0.25, 0.3) is 11.0 Å². The quantitative estimate of drug-likeness (QED) is 0.416. The molecule has 0 atom stereocenters. The molecule has 0 bridgehead atoms. The lowest BCUT2D eigenvalue weighted by Gasteiger charge is -2.03. The molecule has 4 heteroatoms. The van der Waals surface area contributed by atoms with Gasteiger partial charge in [-0.15, -0.1) is 0 Å². The number of aryl methyl sites for hydroxylation is 1. The standard InChI is InChI=1S/C18H15NO3/c1-12-7-9-14(10-8-12)18(19-22-13(2)20)17-11-15-5-3-4-6-16(15)21-17/h3-11H,1-2H3/b19-18+. The van der Waals surface area contributed by atoms with Crippen LogP contribution in [0.1, 0.15) is 23.8 Å². The zero-order valence-electron chi connectivity index (χ0n) is 12.4. The SMILES string of the molecule is CC(=O)O/N=C(\c1ccc(C)cc1)c1cc2ccccc2o1. The van der Waals surface area contributed by atoms with Crippen LogP contribution in [0.5, 0.6) is 0 Å². The van der Waals surface area contributed by atoms with Gasteiger partial charge in [-0.1, -0.05) is 53.2 Å². The molecule has 4 nitrogen and oxygen atoms in total. The Kier molecular flexibility index (Phi) is 3.74. The fourth-order valence-electron chi connectivity index (χ4n) is 2.16. The van der Waals surface area contributed by atoms with E-state index in [2.05, 4.69) is 5.16 Å². The molecule has 0 aliphatic rings. The summed E-state index contributed by atoms with van der Waals surface area (Å²) in [5, 5.41) is 4.93. The summed E-state index contributed by atoms with van der Waals surface area (Å²) in [4.78, 5) is 15.9. The van der Waals surface area contributed by atoms with E-state index >= 15 is 0 Å². The summed E-state index contributed by atoms with van der Waals surface area (Å²) in [6, 6.07) is 17.4. The van der Waals surface area contributed by atoms with Crippen LogP contribution >= 0.6 is 0 Å². The van der Waals surface area contributed by atoms with Crippen molar-refractivity contribution in [3.63, 3.8) is 0 Å². The highest BCUT2D eigenvalue weighted by Crippen LogP contribution is 2.22. The number of para-hydroxylation sites is 1. The lowest BCUT2D eigenvalue weighted by atomic mass is 10.1. The average molecular weight is 293 g/mol. The van der Waals surface area contributed by atoms with E-state index in [4.69, 9.17) is 9.25 Å². The van der Waals surface area contributed by atoms with Gasteiger partial charge in [-0.25, -0.2) is 4.79 Å². The van der Waals surface area contributed by atoms with Crippen molar-refractivity contribution < 1.29 is 14.0 Å². The van der Waals surface area contributed by atoms with E-state index in [-0.39, 0.29) is 0 Å². The van der Waals surface area contributed by atoms with E-state index in [1.54, 1.807) is 0 Å². The number of carbonyl (C=O) groups excluding carboxylic acids is 1. The van der Waals surface area contributed by atoms with Gasteiger partial charge in [0.15, 0.2) is 11.5 Å². The second-order valence-corrected chi connectivity index (χ2v) is 5.04. The van der Waals surface area contributed by atoms with Crippen molar-refractivity contribution in [1.29, 1.82) is 0 Å².